The molecule has 2 heterocycles. The fourth-order valence-corrected chi connectivity index (χ4v) is 6.21. The Morgan fingerprint density at radius 1 is 1.08 bits per heavy atom. The van der Waals surface area contributed by atoms with E-state index < -0.39 is 0 Å². The molecule has 0 spiro atoms. The smallest absolute Gasteiger partial charge is 0.278 e. The minimum Gasteiger partial charge on any atom is -0.494 e. The van der Waals surface area contributed by atoms with Crippen LogP contribution in [0.1, 0.15) is 12.5 Å². The zero-order valence-electron chi connectivity index (χ0n) is 21.0. The van der Waals surface area contributed by atoms with E-state index in [-0.39, 0.29) is 17.2 Å². The van der Waals surface area contributed by atoms with Crippen LogP contribution in [0.5, 0.6) is 5.75 Å². The van der Waals surface area contributed by atoms with E-state index >= 15 is 0 Å². The fourth-order valence-electron chi connectivity index (χ4n) is 3.92. The zero-order chi connectivity index (χ0) is 27.5. The number of benzene rings is 3. The third-order valence-electron chi connectivity index (χ3n) is 5.79. The molecule has 0 aliphatic carbocycles. The maximum atomic E-state index is 13.8. The highest BCUT2D eigenvalue weighted by molar-refractivity contribution is 7.99. The third kappa shape index (κ3) is 5.79. The van der Waals surface area contributed by atoms with Gasteiger partial charge in [-0.25, -0.2) is 4.98 Å². The van der Waals surface area contributed by atoms with Crippen molar-refractivity contribution in [3.8, 4) is 17.1 Å². The minimum atomic E-state index is -0.250. The zero-order valence-corrected chi connectivity index (χ0v) is 24.2. The lowest BCUT2D eigenvalue weighted by Crippen LogP contribution is -2.22. The van der Waals surface area contributed by atoms with Gasteiger partial charge in [0.15, 0.2) is 14.8 Å². The van der Waals surface area contributed by atoms with Crippen LogP contribution in [0.4, 0.5) is 5.69 Å². The molecule has 0 unspecified atom stereocenters. The van der Waals surface area contributed by atoms with Crippen LogP contribution in [-0.4, -0.2) is 32.4 Å². The van der Waals surface area contributed by atoms with Crippen LogP contribution in [0.15, 0.2) is 82.7 Å². The molecule has 3 aromatic carbocycles. The first-order valence-electron chi connectivity index (χ1n) is 12.0. The molecule has 1 amide bonds. The van der Waals surface area contributed by atoms with Gasteiger partial charge in [0.05, 0.1) is 18.0 Å². The van der Waals surface area contributed by atoms with Crippen molar-refractivity contribution in [3.63, 3.8) is 0 Å². The number of para-hydroxylation sites is 1. The summed E-state index contributed by atoms with van der Waals surface area (Å²) in [6.07, 6.45) is 0. The highest BCUT2D eigenvalue weighted by Crippen LogP contribution is 2.28. The molecular formula is C28H23ClN4O3S3. The van der Waals surface area contributed by atoms with E-state index in [1.165, 1.54) is 27.7 Å². The van der Waals surface area contributed by atoms with E-state index in [9.17, 15) is 9.59 Å². The van der Waals surface area contributed by atoms with Crippen molar-refractivity contribution in [1.82, 2.24) is 14.1 Å². The SMILES string of the molecule is CCOc1ccc(-n2c(=S)sc3c(=O)n(-c4ccccc4)c(SCC(=O)Nc4ccc(C)c(Cl)c4)nc32)cc1. The van der Waals surface area contributed by atoms with Crippen LogP contribution >= 0.6 is 46.9 Å². The molecule has 0 aliphatic rings. The molecule has 0 saturated heterocycles. The van der Waals surface area contributed by atoms with Crippen LogP contribution in [0.2, 0.25) is 5.02 Å². The van der Waals surface area contributed by atoms with Gasteiger partial charge >= 0.3 is 0 Å². The lowest BCUT2D eigenvalue weighted by Gasteiger charge is -2.13. The normalized spacial score (nSPS) is 11.1. The Hall–Kier alpha value is -3.44. The van der Waals surface area contributed by atoms with Gasteiger partial charge in [0.25, 0.3) is 5.56 Å². The molecule has 0 atom stereocenters. The lowest BCUT2D eigenvalue weighted by atomic mass is 10.2. The molecule has 5 rings (SSSR count). The van der Waals surface area contributed by atoms with E-state index in [2.05, 4.69) is 5.32 Å². The molecular weight excluding hydrogens is 572 g/mol. The van der Waals surface area contributed by atoms with Crippen LogP contribution in [0, 0.1) is 10.9 Å². The number of rotatable bonds is 8. The van der Waals surface area contributed by atoms with Gasteiger partial charge in [-0.05, 0) is 80.2 Å². The summed E-state index contributed by atoms with van der Waals surface area (Å²) in [7, 11) is 0. The molecule has 5 aromatic rings. The van der Waals surface area contributed by atoms with Crippen molar-refractivity contribution < 1.29 is 9.53 Å². The number of fused-ring (bicyclic) bond motifs is 1. The quantitative estimate of drug-likeness (QED) is 0.118. The number of hydrogen-bond acceptors (Lipinski definition) is 7. The Morgan fingerprint density at radius 3 is 2.49 bits per heavy atom. The summed E-state index contributed by atoms with van der Waals surface area (Å²) in [6.45, 7) is 4.38. The Bertz CT molecular complexity index is 1780. The van der Waals surface area contributed by atoms with Crippen molar-refractivity contribution in [2.45, 2.75) is 19.0 Å². The number of amides is 1. The number of nitrogens with one attached hydrogen (secondary N) is 1. The molecule has 0 bridgehead atoms. The predicted octanol–water partition coefficient (Wildman–Crippen LogP) is 7.06. The van der Waals surface area contributed by atoms with Gasteiger partial charge in [-0.15, -0.1) is 0 Å². The van der Waals surface area contributed by atoms with Crippen molar-refractivity contribution in [2.75, 3.05) is 17.7 Å². The molecule has 0 aliphatic heterocycles. The topological polar surface area (TPSA) is 78.1 Å². The summed E-state index contributed by atoms with van der Waals surface area (Å²) in [5.74, 6) is 0.524. The van der Waals surface area contributed by atoms with Crippen molar-refractivity contribution in [3.05, 3.63) is 97.7 Å². The molecule has 7 nitrogen and oxygen atoms in total. The number of halogens is 1. The van der Waals surface area contributed by atoms with Gasteiger partial charge in [-0.2, -0.15) is 0 Å². The lowest BCUT2D eigenvalue weighted by molar-refractivity contribution is -0.113. The summed E-state index contributed by atoms with van der Waals surface area (Å²) in [5, 5.41) is 3.81. The van der Waals surface area contributed by atoms with E-state index in [1.54, 1.807) is 16.7 Å². The van der Waals surface area contributed by atoms with Gasteiger partial charge in [0, 0.05) is 16.4 Å². The van der Waals surface area contributed by atoms with Crippen LogP contribution < -0.4 is 15.6 Å². The number of hydrogen-bond donors (Lipinski definition) is 1. The first kappa shape index (κ1) is 27.1. The number of anilines is 1. The molecule has 0 saturated carbocycles. The van der Waals surface area contributed by atoms with Crippen molar-refractivity contribution in [2.24, 2.45) is 0 Å². The molecule has 1 N–H and O–H groups in total. The monoisotopic (exact) mass is 594 g/mol. The van der Waals surface area contributed by atoms with Gasteiger partial charge in [-0.3, -0.25) is 18.7 Å². The van der Waals surface area contributed by atoms with E-state index in [0.717, 1.165) is 17.0 Å². The number of nitrogens with zero attached hydrogens (tertiary/aromatic N) is 3. The molecule has 11 heteroatoms. The average Bonchev–Trinajstić information content (AvgIpc) is 3.27. The number of aromatic nitrogens is 3. The third-order valence-corrected chi connectivity index (χ3v) is 8.48. The number of carbonyl (C=O) groups excluding carboxylic acids is 1. The summed E-state index contributed by atoms with van der Waals surface area (Å²) in [6, 6.07) is 22.0. The van der Waals surface area contributed by atoms with Gasteiger partial charge < -0.3 is 10.1 Å². The van der Waals surface area contributed by atoms with Gasteiger partial charge in [0.1, 0.15) is 10.4 Å². The molecule has 198 valence electrons. The number of ether oxygens (including phenoxy) is 1. The van der Waals surface area contributed by atoms with Crippen LogP contribution in [-0.2, 0) is 4.79 Å². The Kier molecular flexibility index (Phi) is 8.18. The van der Waals surface area contributed by atoms with E-state index in [1.807, 2.05) is 74.5 Å². The van der Waals surface area contributed by atoms with Crippen LogP contribution in [0.25, 0.3) is 21.7 Å². The standard InChI is InChI=1S/C28H23ClN4O3S3/c1-3-36-21-13-11-20(12-14-21)32-25-24(39-28(32)37)26(35)33(19-7-5-4-6-8-19)27(31-25)38-16-23(34)30-18-10-9-17(2)22(29)15-18/h4-15H,3,16H2,1-2H3,(H,30,34). The highest BCUT2D eigenvalue weighted by atomic mass is 35.5. The number of carbonyl (C=O) groups is 1. The van der Waals surface area contributed by atoms with E-state index in [4.69, 9.17) is 33.5 Å². The maximum Gasteiger partial charge on any atom is 0.278 e. The second-order valence-corrected chi connectivity index (χ2v) is 11.4. The fraction of sp³-hybridized carbons (Fsp3) is 0.143. The van der Waals surface area contributed by atoms with Crippen LogP contribution in [0.3, 0.4) is 0 Å². The second-order valence-electron chi connectivity index (χ2n) is 8.45. The Labute approximate surface area is 243 Å². The van der Waals surface area contributed by atoms with Gasteiger partial charge in [0.2, 0.25) is 5.91 Å². The highest BCUT2D eigenvalue weighted by Gasteiger charge is 2.20. The molecule has 0 fully saturated rings. The maximum absolute atomic E-state index is 13.8. The Balaban J connectivity index is 1.55. The molecule has 0 radical (unpaired) electrons. The summed E-state index contributed by atoms with van der Waals surface area (Å²) in [5.41, 5.74) is 3.13. The number of thioether (sulfide) groups is 1. The second kappa shape index (κ2) is 11.7. The summed E-state index contributed by atoms with van der Waals surface area (Å²) in [4.78, 5) is 31.5. The number of thiazole rings is 1. The molecule has 2 aromatic heterocycles. The number of aryl methyl sites for hydroxylation is 1. The van der Waals surface area contributed by atoms with E-state index in [0.29, 0.717) is 42.5 Å². The average molecular weight is 595 g/mol. The Morgan fingerprint density at radius 2 is 1.79 bits per heavy atom. The van der Waals surface area contributed by atoms with Crippen molar-refractivity contribution >= 4 is 68.9 Å². The largest absolute Gasteiger partial charge is 0.494 e. The minimum absolute atomic E-state index is 0.0319. The predicted molar refractivity (Wildman–Crippen MR) is 162 cm³/mol. The van der Waals surface area contributed by atoms with Crippen molar-refractivity contribution in [1.29, 1.82) is 0 Å². The molecule has 39 heavy (non-hydrogen) atoms. The summed E-state index contributed by atoms with van der Waals surface area (Å²) >= 11 is 14.2. The first-order chi connectivity index (χ1) is 18.9. The van der Waals surface area contributed by atoms with Gasteiger partial charge in [-0.1, -0.05) is 59.0 Å². The summed E-state index contributed by atoms with van der Waals surface area (Å²) < 4.78 is 9.79. The first-order valence-corrected chi connectivity index (χ1v) is 14.6.